The van der Waals surface area contributed by atoms with Gasteiger partial charge in [0.05, 0.1) is 6.10 Å². The number of rotatable bonds is 6. The molecule has 1 aliphatic carbocycles. The van der Waals surface area contributed by atoms with E-state index >= 15 is 0 Å². The summed E-state index contributed by atoms with van der Waals surface area (Å²) in [7, 11) is 1.60. The van der Waals surface area contributed by atoms with Crippen LogP contribution in [0.4, 0.5) is 0 Å². The van der Waals surface area contributed by atoms with Gasteiger partial charge < -0.3 is 14.6 Å². The van der Waals surface area contributed by atoms with Gasteiger partial charge in [0.15, 0.2) is 0 Å². The zero-order valence-electron chi connectivity index (χ0n) is 10.4. The average molecular weight is 228 g/mol. The number of allylic oxidation sites excluding steroid dienone is 1. The average Bonchev–Trinajstić information content (AvgIpc) is 2.35. The van der Waals surface area contributed by atoms with Gasteiger partial charge in [-0.05, 0) is 25.7 Å². The highest BCUT2D eigenvalue weighted by molar-refractivity contribution is 4.94. The van der Waals surface area contributed by atoms with Crippen molar-refractivity contribution in [2.75, 3.05) is 13.9 Å². The van der Waals surface area contributed by atoms with Crippen LogP contribution in [0.15, 0.2) is 12.2 Å². The second-order valence-electron chi connectivity index (χ2n) is 4.45. The van der Waals surface area contributed by atoms with Crippen molar-refractivity contribution in [2.45, 2.75) is 51.2 Å². The van der Waals surface area contributed by atoms with Gasteiger partial charge in [-0.15, -0.1) is 0 Å². The Bertz CT molecular complexity index is 197. The zero-order chi connectivity index (χ0) is 11.8. The van der Waals surface area contributed by atoms with E-state index in [1.54, 1.807) is 7.11 Å². The molecule has 16 heavy (non-hydrogen) atoms. The Hall–Kier alpha value is -0.380. The number of ether oxygens (including phenoxy) is 2. The van der Waals surface area contributed by atoms with Crippen LogP contribution in [-0.4, -0.2) is 31.2 Å². The van der Waals surface area contributed by atoms with Gasteiger partial charge >= 0.3 is 0 Å². The first-order chi connectivity index (χ1) is 7.79. The zero-order valence-corrected chi connectivity index (χ0v) is 10.4. The first-order valence-corrected chi connectivity index (χ1v) is 6.21. The molecule has 1 saturated carbocycles. The summed E-state index contributed by atoms with van der Waals surface area (Å²) in [5.74, 6) is 0.381. The Morgan fingerprint density at radius 1 is 1.31 bits per heavy atom. The summed E-state index contributed by atoms with van der Waals surface area (Å²) in [5, 5.41) is 10.3. The molecule has 0 aromatic carbocycles. The molecule has 3 nitrogen and oxygen atoms in total. The van der Waals surface area contributed by atoms with Gasteiger partial charge in [-0.3, -0.25) is 0 Å². The highest BCUT2D eigenvalue weighted by Crippen LogP contribution is 2.28. The van der Waals surface area contributed by atoms with Gasteiger partial charge in [0, 0.05) is 7.11 Å². The lowest BCUT2D eigenvalue weighted by molar-refractivity contribution is -0.108. The van der Waals surface area contributed by atoms with Crippen LogP contribution >= 0.6 is 0 Å². The maximum absolute atomic E-state index is 10.3. The predicted molar refractivity (Wildman–Crippen MR) is 64.1 cm³/mol. The molecular weight excluding hydrogens is 204 g/mol. The standard InChI is InChI=1S/C13H24O3/c1-3-7-12(16-10-15-2)13(14)11-8-5-4-6-9-11/h3,7,11-14H,4-6,8-10H2,1-2H3/b7-3+/t12-,13-/m1/s1. The van der Waals surface area contributed by atoms with E-state index < -0.39 is 6.10 Å². The molecule has 1 fully saturated rings. The minimum absolute atomic E-state index is 0.229. The maximum Gasteiger partial charge on any atom is 0.147 e. The number of methoxy groups -OCH3 is 1. The number of aliphatic hydroxyl groups is 1. The first-order valence-electron chi connectivity index (χ1n) is 6.21. The second-order valence-corrected chi connectivity index (χ2v) is 4.45. The molecule has 0 aromatic rings. The molecule has 0 aromatic heterocycles. The van der Waals surface area contributed by atoms with Crippen molar-refractivity contribution in [3.63, 3.8) is 0 Å². The van der Waals surface area contributed by atoms with E-state index in [0.717, 1.165) is 12.8 Å². The summed E-state index contributed by atoms with van der Waals surface area (Å²) in [4.78, 5) is 0. The van der Waals surface area contributed by atoms with Crippen LogP contribution in [0.5, 0.6) is 0 Å². The van der Waals surface area contributed by atoms with E-state index in [0.29, 0.717) is 5.92 Å². The van der Waals surface area contributed by atoms with E-state index in [-0.39, 0.29) is 12.9 Å². The molecule has 2 atom stereocenters. The van der Waals surface area contributed by atoms with Crippen LogP contribution in [-0.2, 0) is 9.47 Å². The highest BCUT2D eigenvalue weighted by Gasteiger charge is 2.27. The third-order valence-electron chi connectivity index (χ3n) is 3.23. The Kier molecular flexibility index (Phi) is 6.69. The van der Waals surface area contributed by atoms with Crippen LogP contribution in [0, 0.1) is 5.92 Å². The van der Waals surface area contributed by atoms with Gasteiger partial charge in [-0.1, -0.05) is 31.4 Å². The van der Waals surface area contributed by atoms with Crippen LogP contribution in [0.3, 0.4) is 0 Å². The van der Waals surface area contributed by atoms with Gasteiger partial charge in [0.1, 0.15) is 12.9 Å². The Morgan fingerprint density at radius 2 is 2.00 bits per heavy atom. The highest BCUT2D eigenvalue weighted by atomic mass is 16.7. The van der Waals surface area contributed by atoms with E-state index in [9.17, 15) is 5.11 Å². The minimum atomic E-state index is -0.397. The van der Waals surface area contributed by atoms with Gasteiger partial charge in [-0.25, -0.2) is 0 Å². The van der Waals surface area contributed by atoms with Crippen molar-refractivity contribution in [1.82, 2.24) is 0 Å². The summed E-state index contributed by atoms with van der Waals surface area (Å²) in [6.07, 6.45) is 9.21. The SMILES string of the molecule is C/C=C/[C@@H](OCOC)[C@H](O)C1CCCCC1. The normalized spacial score (nSPS) is 22.4. The van der Waals surface area contributed by atoms with Gasteiger partial charge in [0.2, 0.25) is 0 Å². The smallest absolute Gasteiger partial charge is 0.147 e. The second kappa shape index (κ2) is 7.82. The summed E-state index contributed by atoms with van der Waals surface area (Å²) in [6, 6.07) is 0. The molecule has 0 amide bonds. The van der Waals surface area contributed by atoms with Crippen LogP contribution in [0.1, 0.15) is 39.0 Å². The summed E-state index contributed by atoms with van der Waals surface area (Å²) >= 11 is 0. The van der Waals surface area contributed by atoms with Crippen molar-refractivity contribution >= 4 is 0 Å². The van der Waals surface area contributed by atoms with E-state index in [4.69, 9.17) is 9.47 Å². The fourth-order valence-corrected chi connectivity index (χ4v) is 2.35. The molecule has 94 valence electrons. The van der Waals surface area contributed by atoms with Crippen molar-refractivity contribution in [3.05, 3.63) is 12.2 Å². The van der Waals surface area contributed by atoms with Gasteiger partial charge in [0.25, 0.3) is 0 Å². The lowest BCUT2D eigenvalue weighted by atomic mass is 9.83. The fraction of sp³-hybridized carbons (Fsp3) is 0.846. The largest absolute Gasteiger partial charge is 0.390 e. The molecular formula is C13H24O3. The topological polar surface area (TPSA) is 38.7 Å². The van der Waals surface area contributed by atoms with Crippen LogP contribution in [0.2, 0.25) is 0 Å². The van der Waals surface area contributed by atoms with Crippen molar-refractivity contribution in [2.24, 2.45) is 5.92 Å². The molecule has 0 unspecified atom stereocenters. The molecule has 0 bridgehead atoms. The molecule has 0 aliphatic heterocycles. The molecule has 0 radical (unpaired) electrons. The fourth-order valence-electron chi connectivity index (χ4n) is 2.35. The first kappa shape index (κ1) is 13.7. The molecule has 1 rings (SSSR count). The molecule has 0 spiro atoms. The number of hydrogen-bond acceptors (Lipinski definition) is 3. The van der Waals surface area contributed by atoms with E-state index in [2.05, 4.69) is 0 Å². The van der Waals surface area contributed by atoms with Crippen molar-refractivity contribution < 1.29 is 14.6 Å². The van der Waals surface area contributed by atoms with E-state index in [1.165, 1.54) is 19.3 Å². The molecule has 1 N–H and O–H groups in total. The quantitative estimate of drug-likeness (QED) is 0.561. The van der Waals surface area contributed by atoms with E-state index in [1.807, 2.05) is 19.1 Å². The summed E-state index contributed by atoms with van der Waals surface area (Å²) in [6.45, 7) is 2.18. The monoisotopic (exact) mass is 228 g/mol. The summed E-state index contributed by atoms with van der Waals surface area (Å²) in [5.41, 5.74) is 0. The third-order valence-corrected chi connectivity index (χ3v) is 3.23. The lowest BCUT2D eigenvalue weighted by Gasteiger charge is -2.30. The Labute approximate surface area is 98.4 Å². The van der Waals surface area contributed by atoms with Crippen molar-refractivity contribution in [3.8, 4) is 0 Å². The number of hydrogen-bond donors (Lipinski definition) is 1. The Balaban J connectivity index is 2.47. The predicted octanol–water partition coefficient (Wildman–Crippen LogP) is 2.49. The molecule has 3 heteroatoms. The number of aliphatic hydroxyl groups excluding tert-OH is 1. The third kappa shape index (κ3) is 4.24. The molecule has 1 aliphatic rings. The van der Waals surface area contributed by atoms with Crippen LogP contribution in [0.25, 0.3) is 0 Å². The lowest BCUT2D eigenvalue weighted by Crippen LogP contribution is -2.35. The van der Waals surface area contributed by atoms with Crippen LogP contribution < -0.4 is 0 Å². The molecule has 0 saturated heterocycles. The Morgan fingerprint density at radius 3 is 2.56 bits per heavy atom. The van der Waals surface area contributed by atoms with Crippen molar-refractivity contribution in [1.29, 1.82) is 0 Å². The van der Waals surface area contributed by atoms with Gasteiger partial charge in [-0.2, -0.15) is 0 Å². The summed E-state index contributed by atoms with van der Waals surface area (Å²) < 4.78 is 10.4. The maximum atomic E-state index is 10.3. The molecule has 0 heterocycles. The minimum Gasteiger partial charge on any atom is -0.390 e.